The number of benzene rings is 1. The van der Waals surface area contributed by atoms with E-state index in [4.69, 9.17) is 4.42 Å². The molecular weight excluding hydrogens is 290 g/mol. The van der Waals surface area contributed by atoms with Gasteiger partial charge in [-0.25, -0.2) is 0 Å². The zero-order valence-corrected chi connectivity index (χ0v) is 14.1. The summed E-state index contributed by atoms with van der Waals surface area (Å²) in [5, 5.41) is 13.4. The molecule has 0 fully saturated rings. The fraction of sp³-hybridized carbons (Fsp3) is 0.421. The lowest BCUT2D eigenvalue weighted by Gasteiger charge is -2.23. The Morgan fingerprint density at radius 1 is 1.26 bits per heavy atom. The van der Waals surface area contributed by atoms with Crippen LogP contribution in [0, 0.1) is 13.8 Å². The molecule has 4 heteroatoms. The number of hydrogen-bond acceptors (Lipinski definition) is 3. The summed E-state index contributed by atoms with van der Waals surface area (Å²) in [7, 11) is 0. The highest BCUT2D eigenvalue weighted by Crippen LogP contribution is 2.26. The van der Waals surface area contributed by atoms with Crippen LogP contribution in [-0.4, -0.2) is 17.6 Å². The zero-order chi connectivity index (χ0) is 16.9. The summed E-state index contributed by atoms with van der Waals surface area (Å²) < 4.78 is 5.45. The third kappa shape index (κ3) is 4.96. The lowest BCUT2D eigenvalue weighted by Crippen LogP contribution is -2.38. The van der Waals surface area contributed by atoms with Crippen molar-refractivity contribution < 1.29 is 14.3 Å². The monoisotopic (exact) mass is 315 g/mol. The summed E-state index contributed by atoms with van der Waals surface area (Å²) in [4.78, 5) is 12.0. The number of amides is 1. The molecule has 1 atom stereocenters. The largest absolute Gasteiger partial charge is 0.466 e. The van der Waals surface area contributed by atoms with E-state index in [1.807, 2.05) is 38.1 Å². The van der Waals surface area contributed by atoms with Crippen LogP contribution >= 0.6 is 0 Å². The minimum atomic E-state index is -1.13. The van der Waals surface area contributed by atoms with Crippen LogP contribution in [0.15, 0.2) is 40.8 Å². The first kappa shape index (κ1) is 17.3. The molecule has 1 aromatic carbocycles. The highest BCUT2D eigenvalue weighted by Gasteiger charge is 2.28. The lowest BCUT2D eigenvalue weighted by molar-refractivity contribution is -0.122. The number of carbonyl (C=O) groups excluding carboxylic acids is 1. The van der Waals surface area contributed by atoms with Crippen LogP contribution in [-0.2, 0) is 16.8 Å². The fourth-order valence-corrected chi connectivity index (χ4v) is 2.72. The molecule has 1 amide bonds. The van der Waals surface area contributed by atoms with Crippen molar-refractivity contribution in [3.05, 3.63) is 59.0 Å². The minimum absolute atomic E-state index is 0.0425. The standard InChI is InChI=1S/C19H25NO3/c1-14-12-17(15(2)23-14)19(3,22)13-20-18(21)11-7-10-16-8-5-4-6-9-16/h4-6,8-9,12,22H,7,10-11,13H2,1-3H3,(H,20,21). The molecule has 0 saturated heterocycles. The Hall–Kier alpha value is -2.07. The summed E-state index contributed by atoms with van der Waals surface area (Å²) in [5.41, 5.74) is 0.827. The molecule has 0 aliphatic rings. The summed E-state index contributed by atoms with van der Waals surface area (Å²) in [6.45, 7) is 5.53. The van der Waals surface area contributed by atoms with Gasteiger partial charge in [0.25, 0.3) is 0 Å². The molecule has 2 aromatic rings. The van der Waals surface area contributed by atoms with Crippen LogP contribution in [0.3, 0.4) is 0 Å². The number of aliphatic hydroxyl groups is 1. The van der Waals surface area contributed by atoms with Crippen molar-refractivity contribution in [1.82, 2.24) is 5.32 Å². The summed E-state index contributed by atoms with van der Waals surface area (Å²) in [6.07, 6.45) is 2.13. The third-order valence-corrected chi connectivity index (χ3v) is 3.96. The van der Waals surface area contributed by atoms with Gasteiger partial charge in [-0.2, -0.15) is 0 Å². The molecule has 0 spiro atoms. The van der Waals surface area contributed by atoms with Crippen molar-refractivity contribution >= 4 is 5.91 Å². The van der Waals surface area contributed by atoms with Gasteiger partial charge in [0, 0.05) is 12.0 Å². The molecular formula is C19H25NO3. The second kappa shape index (κ2) is 7.47. The second-order valence-corrected chi connectivity index (χ2v) is 6.22. The maximum atomic E-state index is 12.0. The third-order valence-electron chi connectivity index (χ3n) is 3.96. The molecule has 23 heavy (non-hydrogen) atoms. The van der Waals surface area contributed by atoms with Crippen molar-refractivity contribution in [2.45, 2.75) is 45.6 Å². The summed E-state index contributed by atoms with van der Waals surface area (Å²) in [5.74, 6) is 1.40. The van der Waals surface area contributed by atoms with Crippen LogP contribution < -0.4 is 5.32 Å². The molecule has 0 bridgehead atoms. The number of furan rings is 1. The Labute approximate surface area is 137 Å². The normalized spacial score (nSPS) is 13.6. The highest BCUT2D eigenvalue weighted by atomic mass is 16.3. The average molecular weight is 315 g/mol. The lowest BCUT2D eigenvalue weighted by atomic mass is 9.96. The molecule has 1 aromatic heterocycles. The molecule has 1 unspecified atom stereocenters. The molecule has 2 rings (SSSR count). The minimum Gasteiger partial charge on any atom is -0.466 e. The van der Waals surface area contributed by atoms with Crippen LogP contribution in [0.25, 0.3) is 0 Å². The van der Waals surface area contributed by atoms with Crippen LogP contribution in [0.5, 0.6) is 0 Å². The summed E-state index contributed by atoms with van der Waals surface area (Å²) >= 11 is 0. The Balaban J connectivity index is 1.78. The van der Waals surface area contributed by atoms with Gasteiger partial charge in [0.05, 0.1) is 6.54 Å². The van der Waals surface area contributed by atoms with E-state index in [0.717, 1.165) is 24.2 Å². The van der Waals surface area contributed by atoms with Gasteiger partial charge in [0.15, 0.2) is 0 Å². The van der Waals surface area contributed by atoms with Gasteiger partial charge >= 0.3 is 0 Å². The van der Waals surface area contributed by atoms with E-state index in [2.05, 4.69) is 17.4 Å². The van der Waals surface area contributed by atoms with E-state index in [9.17, 15) is 9.90 Å². The van der Waals surface area contributed by atoms with Crippen molar-refractivity contribution in [2.24, 2.45) is 0 Å². The van der Waals surface area contributed by atoms with E-state index >= 15 is 0 Å². The predicted molar refractivity (Wildman–Crippen MR) is 90.1 cm³/mol. The van der Waals surface area contributed by atoms with Gasteiger partial charge in [-0.05, 0) is 45.2 Å². The molecule has 2 N–H and O–H groups in total. The number of nitrogens with one attached hydrogen (secondary N) is 1. The van der Waals surface area contributed by atoms with E-state index in [0.29, 0.717) is 12.2 Å². The molecule has 124 valence electrons. The van der Waals surface area contributed by atoms with E-state index in [1.165, 1.54) is 5.56 Å². The predicted octanol–water partition coefficient (Wildman–Crippen LogP) is 3.24. The number of hydrogen-bond donors (Lipinski definition) is 2. The molecule has 0 saturated carbocycles. The molecule has 0 radical (unpaired) electrons. The first-order valence-electron chi connectivity index (χ1n) is 7.99. The molecule has 1 heterocycles. The topological polar surface area (TPSA) is 62.5 Å². The van der Waals surface area contributed by atoms with Crippen molar-refractivity contribution in [3.8, 4) is 0 Å². The molecule has 0 aliphatic carbocycles. The van der Waals surface area contributed by atoms with Gasteiger partial charge in [-0.1, -0.05) is 30.3 Å². The quantitative estimate of drug-likeness (QED) is 0.824. The maximum absolute atomic E-state index is 12.0. The molecule has 4 nitrogen and oxygen atoms in total. The van der Waals surface area contributed by atoms with Gasteiger partial charge in [-0.15, -0.1) is 0 Å². The fourth-order valence-electron chi connectivity index (χ4n) is 2.72. The van der Waals surface area contributed by atoms with E-state index in [1.54, 1.807) is 6.92 Å². The number of aryl methyl sites for hydroxylation is 3. The van der Waals surface area contributed by atoms with Gasteiger partial charge in [0.2, 0.25) is 5.91 Å². The highest BCUT2D eigenvalue weighted by molar-refractivity contribution is 5.75. The number of rotatable bonds is 7. The Morgan fingerprint density at radius 3 is 2.57 bits per heavy atom. The zero-order valence-electron chi connectivity index (χ0n) is 14.1. The van der Waals surface area contributed by atoms with Crippen molar-refractivity contribution in [2.75, 3.05) is 6.54 Å². The van der Waals surface area contributed by atoms with Crippen LogP contribution in [0.4, 0.5) is 0 Å². The Kier molecular flexibility index (Phi) is 5.61. The summed E-state index contributed by atoms with van der Waals surface area (Å²) in [6, 6.07) is 11.9. The SMILES string of the molecule is Cc1cc(C(C)(O)CNC(=O)CCCc2ccccc2)c(C)o1. The maximum Gasteiger partial charge on any atom is 0.220 e. The van der Waals surface area contributed by atoms with Gasteiger partial charge < -0.3 is 14.8 Å². The van der Waals surface area contributed by atoms with Crippen molar-refractivity contribution in [1.29, 1.82) is 0 Å². The van der Waals surface area contributed by atoms with E-state index < -0.39 is 5.60 Å². The number of carbonyl (C=O) groups is 1. The van der Waals surface area contributed by atoms with Gasteiger partial charge in [0.1, 0.15) is 17.1 Å². The van der Waals surface area contributed by atoms with Crippen molar-refractivity contribution in [3.63, 3.8) is 0 Å². The Morgan fingerprint density at radius 2 is 1.96 bits per heavy atom. The molecule has 0 aliphatic heterocycles. The second-order valence-electron chi connectivity index (χ2n) is 6.22. The first-order valence-corrected chi connectivity index (χ1v) is 7.99. The van der Waals surface area contributed by atoms with Crippen LogP contribution in [0.2, 0.25) is 0 Å². The van der Waals surface area contributed by atoms with Gasteiger partial charge in [-0.3, -0.25) is 4.79 Å². The van der Waals surface area contributed by atoms with E-state index in [-0.39, 0.29) is 12.5 Å². The smallest absolute Gasteiger partial charge is 0.220 e. The van der Waals surface area contributed by atoms with Crippen LogP contribution in [0.1, 0.15) is 42.4 Å². The Bertz CT molecular complexity index is 644. The first-order chi connectivity index (χ1) is 10.9. The average Bonchev–Trinajstić information content (AvgIpc) is 2.86.